The predicted molar refractivity (Wildman–Crippen MR) is 276 cm³/mol. The molecule has 3 heterocycles. The third-order valence-corrected chi connectivity index (χ3v) is 14.6. The van der Waals surface area contributed by atoms with Gasteiger partial charge in [-0.3, -0.25) is 20.0 Å². The van der Waals surface area contributed by atoms with Gasteiger partial charge in [0.1, 0.15) is 0 Å². The minimum absolute atomic E-state index is 0. The standard InChI is InChI=1S/3C20H21N2.Ir/c2*1-13-14(2)16(4)19(17(5)15(13)3)22-12-11-21-20(22)18-9-7-6-8-10-18;1-12-13(2)15(4)18(16(5)14(12)3)20-19(21-11-22-20)17-9-7-6-8-10-17;/h2*6-9,11-12H,1-5H3;6-9,11,20H,1-5H3;/q3*-1;+3. The normalized spacial score (nSPS) is 12.8. The van der Waals surface area contributed by atoms with Gasteiger partial charge >= 0.3 is 20.1 Å². The first-order chi connectivity index (χ1) is 31.6. The molecule has 1 aliphatic rings. The van der Waals surface area contributed by atoms with Crippen molar-refractivity contribution in [2.75, 3.05) is 0 Å². The molecule has 0 spiro atoms. The summed E-state index contributed by atoms with van der Waals surface area (Å²) in [5.41, 5.74) is 28.0. The molecule has 7 heteroatoms. The Balaban J connectivity index is 0.000000165. The molecule has 0 saturated carbocycles. The van der Waals surface area contributed by atoms with Crippen LogP contribution in [0.15, 0.2) is 108 Å². The van der Waals surface area contributed by atoms with E-state index in [0.717, 1.165) is 34.1 Å². The SMILES string of the molecule is Cc1c(C)c(C)c(-n2ccnc2-c2[c-]cccc2)c(C)c1C.Cc1c(C)c(C)c(-n2ccnc2-c2[c-]cccc2)c(C)c1C.Cc1c(C)c(C)c(C2N=CN=C2c2[c-]cccc2)c(C)c1C.[Ir+3]. The van der Waals surface area contributed by atoms with E-state index in [1.54, 1.807) is 6.34 Å². The molecule has 8 aromatic rings. The average Bonchev–Trinajstić information content (AvgIpc) is 4.15. The maximum atomic E-state index is 4.65. The van der Waals surface area contributed by atoms with Crippen LogP contribution in [-0.4, -0.2) is 31.2 Å². The Morgan fingerprint density at radius 1 is 0.403 bits per heavy atom. The van der Waals surface area contributed by atoms with E-state index in [1.807, 2.05) is 79.4 Å². The molecule has 2 aromatic heterocycles. The Kier molecular flexibility index (Phi) is 15.8. The number of hydrogen-bond donors (Lipinski definition) is 0. The first kappa shape index (κ1) is 50.1. The Morgan fingerprint density at radius 2 is 0.731 bits per heavy atom. The van der Waals surface area contributed by atoms with Crippen LogP contribution in [0.1, 0.15) is 101 Å². The summed E-state index contributed by atoms with van der Waals surface area (Å²) in [7, 11) is 0. The second kappa shape index (κ2) is 21.1. The van der Waals surface area contributed by atoms with E-state index in [1.165, 1.54) is 100 Å². The molecular weight excluding hydrogens is 997 g/mol. The van der Waals surface area contributed by atoms with E-state index in [9.17, 15) is 0 Å². The fraction of sp³-hybridized carbons (Fsp3) is 0.267. The Labute approximate surface area is 413 Å². The summed E-state index contributed by atoms with van der Waals surface area (Å²) in [5, 5.41) is 0. The van der Waals surface area contributed by atoms with E-state index in [0.29, 0.717) is 0 Å². The van der Waals surface area contributed by atoms with Crippen molar-refractivity contribution in [3.05, 3.63) is 210 Å². The third-order valence-electron chi connectivity index (χ3n) is 14.6. The number of hydrogen-bond acceptors (Lipinski definition) is 4. The van der Waals surface area contributed by atoms with E-state index in [4.69, 9.17) is 0 Å². The summed E-state index contributed by atoms with van der Waals surface area (Å²) < 4.78 is 4.38. The van der Waals surface area contributed by atoms with Gasteiger partial charge in [-0.15, -0.1) is 108 Å². The maximum absolute atomic E-state index is 4.65. The van der Waals surface area contributed by atoms with E-state index in [-0.39, 0.29) is 26.1 Å². The molecule has 6 aromatic carbocycles. The molecule has 1 aliphatic heterocycles. The first-order valence-corrected chi connectivity index (χ1v) is 22.8. The molecule has 6 nitrogen and oxygen atoms in total. The van der Waals surface area contributed by atoms with Crippen LogP contribution in [0.4, 0.5) is 0 Å². The van der Waals surface area contributed by atoms with Gasteiger partial charge < -0.3 is 9.13 Å². The number of rotatable bonds is 6. The second-order valence-corrected chi connectivity index (χ2v) is 17.7. The number of imidazole rings is 2. The molecule has 0 bridgehead atoms. The zero-order valence-electron chi connectivity index (χ0n) is 41.9. The van der Waals surface area contributed by atoms with Crippen molar-refractivity contribution in [2.45, 2.75) is 110 Å². The second-order valence-electron chi connectivity index (χ2n) is 17.7. The molecule has 1 unspecified atom stereocenters. The summed E-state index contributed by atoms with van der Waals surface area (Å²) in [6.07, 6.45) is 9.49. The van der Waals surface area contributed by atoms with Crippen LogP contribution in [0.2, 0.25) is 0 Å². The zero-order valence-corrected chi connectivity index (χ0v) is 44.3. The minimum atomic E-state index is -0.0170. The van der Waals surface area contributed by atoms with E-state index >= 15 is 0 Å². The van der Waals surface area contributed by atoms with Crippen LogP contribution in [0.5, 0.6) is 0 Å². The van der Waals surface area contributed by atoms with Crippen LogP contribution in [0.3, 0.4) is 0 Å². The Bertz CT molecular complexity index is 2880. The maximum Gasteiger partial charge on any atom is 3.00 e. The van der Waals surface area contributed by atoms with Gasteiger partial charge in [0.05, 0.1) is 24.0 Å². The molecule has 0 radical (unpaired) electrons. The molecule has 0 aliphatic carbocycles. The molecule has 1 atom stereocenters. The van der Waals surface area contributed by atoms with Crippen molar-refractivity contribution in [3.8, 4) is 34.2 Å². The summed E-state index contributed by atoms with van der Waals surface area (Å²) in [6.45, 7) is 33.0. The van der Waals surface area contributed by atoms with Crippen molar-refractivity contribution in [2.24, 2.45) is 9.98 Å². The molecule has 67 heavy (non-hydrogen) atoms. The van der Waals surface area contributed by atoms with Gasteiger partial charge in [-0.1, -0.05) is 0 Å². The quantitative estimate of drug-likeness (QED) is 0.156. The van der Waals surface area contributed by atoms with Crippen molar-refractivity contribution >= 4 is 12.1 Å². The first-order valence-electron chi connectivity index (χ1n) is 22.8. The zero-order chi connectivity index (χ0) is 47.6. The Morgan fingerprint density at radius 3 is 1.07 bits per heavy atom. The molecular formula is C60H63IrN6. The summed E-state index contributed by atoms with van der Waals surface area (Å²) in [4.78, 5) is 18.3. The number of nitrogens with zero attached hydrogens (tertiary/aromatic N) is 6. The van der Waals surface area contributed by atoms with Gasteiger partial charge in [0.2, 0.25) is 0 Å². The van der Waals surface area contributed by atoms with Gasteiger partial charge in [-0.05, 0) is 199 Å². The fourth-order valence-electron chi connectivity index (χ4n) is 9.34. The monoisotopic (exact) mass is 1060 g/mol. The fourth-order valence-corrected chi connectivity index (χ4v) is 9.34. The van der Waals surface area contributed by atoms with Gasteiger partial charge in [0, 0.05) is 36.2 Å². The van der Waals surface area contributed by atoms with Gasteiger partial charge in [-0.25, -0.2) is 0 Å². The summed E-state index contributed by atoms with van der Waals surface area (Å²) in [5.74, 6) is 1.88. The van der Waals surface area contributed by atoms with Crippen molar-refractivity contribution in [3.63, 3.8) is 0 Å². The Hall–Kier alpha value is -6.27. The molecule has 342 valence electrons. The largest absolute Gasteiger partial charge is 3.00 e. The average molecular weight is 1060 g/mol. The van der Waals surface area contributed by atoms with Crippen molar-refractivity contribution in [1.29, 1.82) is 0 Å². The van der Waals surface area contributed by atoms with Crippen LogP contribution < -0.4 is 0 Å². The van der Waals surface area contributed by atoms with Crippen LogP contribution in [0.25, 0.3) is 34.2 Å². The topological polar surface area (TPSA) is 60.4 Å². The molecule has 0 N–H and O–H groups in total. The predicted octanol–water partition coefficient (Wildman–Crippen LogP) is 14.4. The molecule has 9 rings (SSSR count). The summed E-state index contributed by atoms with van der Waals surface area (Å²) in [6, 6.07) is 33.8. The number of aromatic nitrogens is 4. The minimum Gasteiger partial charge on any atom is -0.340 e. The van der Waals surface area contributed by atoms with E-state index < -0.39 is 0 Å². The van der Waals surface area contributed by atoms with Gasteiger partial charge in [-0.2, -0.15) is 0 Å². The molecule has 0 fully saturated rings. The number of benzene rings is 6. The number of aliphatic imine (C=N–C) groups is 2. The molecule has 0 amide bonds. The van der Waals surface area contributed by atoms with Crippen molar-refractivity contribution in [1.82, 2.24) is 19.1 Å². The van der Waals surface area contributed by atoms with Crippen molar-refractivity contribution < 1.29 is 20.1 Å². The van der Waals surface area contributed by atoms with Gasteiger partial charge in [0.25, 0.3) is 0 Å². The summed E-state index contributed by atoms with van der Waals surface area (Å²) >= 11 is 0. The smallest absolute Gasteiger partial charge is 0.340 e. The van der Waals surface area contributed by atoms with E-state index in [2.05, 4.69) is 169 Å². The van der Waals surface area contributed by atoms with Crippen LogP contribution in [0, 0.1) is 122 Å². The van der Waals surface area contributed by atoms with Crippen LogP contribution in [-0.2, 0) is 20.1 Å². The molecule has 0 saturated heterocycles. The third kappa shape index (κ3) is 9.64. The van der Waals surface area contributed by atoms with Crippen LogP contribution >= 0.6 is 0 Å². The van der Waals surface area contributed by atoms with Gasteiger partial charge in [0.15, 0.2) is 0 Å².